The summed E-state index contributed by atoms with van der Waals surface area (Å²) in [4.78, 5) is 35.8. The molecule has 0 atom stereocenters. The molecular weight excluding hydrogens is 331 g/mol. The van der Waals surface area contributed by atoms with Crippen molar-refractivity contribution in [2.75, 3.05) is 14.2 Å². The number of carbonyl (C=O) groups is 2. The molecule has 1 heterocycles. The minimum absolute atomic E-state index is 0.000352. The molecule has 8 heteroatoms. The van der Waals surface area contributed by atoms with Crippen LogP contribution in [0.2, 0.25) is 0 Å². The van der Waals surface area contributed by atoms with Crippen LogP contribution >= 0.6 is 0 Å². The van der Waals surface area contributed by atoms with Gasteiger partial charge in [0.25, 0.3) is 5.56 Å². The predicted molar refractivity (Wildman–Crippen MR) is 83.6 cm³/mol. The number of halogens is 1. The van der Waals surface area contributed by atoms with Gasteiger partial charge in [-0.1, -0.05) is 6.07 Å². The van der Waals surface area contributed by atoms with E-state index in [2.05, 4.69) is 9.47 Å². The van der Waals surface area contributed by atoms with E-state index in [9.17, 15) is 18.8 Å². The number of hydrogen-bond acceptors (Lipinski definition) is 6. The molecule has 0 amide bonds. The molecule has 0 bridgehead atoms. The van der Waals surface area contributed by atoms with Crippen LogP contribution in [0.3, 0.4) is 0 Å². The summed E-state index contributed by atoms with van der Waals surface area (Å²) in [5, 5.41) is 9.07. The van der Waals surface area contributed by atoms with Gasteiger partial charge in [0.1, 0.15) is 17.4 Å². The Balaban J connectivity index is 2.58. The Morgan fingerprint density at radius 1 is 1.20 bits per heavy atom. The highest BCUT2D eigenvalue weighted by Crippen LogP contribution is 2.14. The highest BCUT2D eigenvalue weighted by molar-refractivity contribution is 5.91. The minimum Gasteiger partial charge on any atom is -0.465 e. The first-order valence-electron chi connectivity index (χ1n) is 7.01. The van der Waals surface area contributed by atoms with Crippen molar-refractivity contribution < 1.29 is 23.5 Å². The third-order valence-corrected chi connectivity index (χ3v) is 3.45. The molecule has 0 spiro atoms. The third kappa shape index (κ3) is 3.72. The molecule has 1 aromatic carbocycles. The zero-order chi connectivity index (χ0) is 18.6. The average Bonchev–Trinajstić information content (AvgIpc) is 2.63. The molecule has 2 rings (SSSR count). The SMILES string of the molecule is COC(=O)c1cc(C#N)c(=O)n(Cc2ccc(F)cc2C(=O)OC)c1. The quantitative estimate of drug-likeness (QED) is 0.779. The fraction of sp³-hybridized carbons (Fsp3) is 0.176. The van der Waals surface area contributed by atoms with Crippen LogP contribution in [0.4, 0.5) is 4.39 Å². The number of pyridine rings is 1. The standard InChI is InChI=1S/C17H13FN2O5/c1-24-16(22)12-5-11(7-19)15(21)20(9-12)8-10-3-4-13(18)6-14(10)17(23)25-2/h3-6,9H,8H2,1-2H3. The number of nitrogens with zero attached hydrogens (tertiary/aromatic N) is 2. The molecule has 0 saturated carbocycles. The molecule has 0 saturated heterocycles. The summed E-state index contributed by atoms with van der Waals surface area (Å²) in [6, 6.07) is 6.27. The number of methoxy groups -OCH3 is 2. The van der Waals surface area contributed by atoms with E-state index in [1.165, 1.54) is 19.4 Å². The maximum Gasteiger partial charge on any atom is 0.339 e. The van der Waals surface area contributed by atoms with Gasteiger partial charge < -0.3 is 14.0 Å². The van der Waals surface area contributed by atoms with Crippen LogP contribution in [-0.4, -0.2) is 30.7 Å². The Morgan fingerprint density at radius 3 is 2.48 bits per heavy atom. The van der Waals surface area contributed by atoms with Crippen molar-refractivity contribution in [1.82, 2.24) is 4.57 Å². The van der Waals surface area contributed by atoms with Gasteiger partial charge in [-0.25, -0.2) is 14.0 Å². The van der Waals surface area contributed by atoms with Gasteiger partial charge in [0, 0.05) is 6.20 Å². The molecule has 25 heavy (non-hydrogen) atoms. The van der Waals surface area contributed by atoms with Crippen molar-refractivity contribution in [3.05, 3.63) is 68.9 Å². The monoisotopic (exact) mass is 344 g/mol. The summed E-state index contributed by atoms with van der Waals surface area (Å²) in [7, 11) is 2.31. The van der Waals surface area contributed by atoms with E-state index in [0.29, 0.717) is 5.56 Å². The molecule has 7 nitrogen and oxygen atoms in total. The second kappa shape index (κ2) is 7.40. The van der Waals surface area contributed by atoms with Crippen molar-refractivity contribution in [2.24, 2.45) is 0 Å². The van der Waals surface area contributed by atoms with Gasteiger partial charge in [0.15, 0.2) is 0 Å². The largest absolute Gasteiger partial charge is 0.465 e. The molecule has 0 radical (unpaired) electrons. The lowest BCUT2D eigenvalue weighted by Gasteiger charge is -2.12. The lowest BCUT2D eigenvalue weighted by Crippen LogP contribution is -2.25. The van der Waals surface area contributed by atoms with Crippen LogP contribution in [0.1, 0.15) is 31.8 Å². The summed E-state index contributed by atoms with van der Waals surface area (Å²) >= 11 is 0. The zero-order valence-corrected chi connectivity index (χ0v) is 13.4. The Morgan fingerprint density at radius 2 is 1.88 bits per heavy atom. The molecule has 0 aliphatic rings. The number of carbonyl (C=O) groups excluding carboxylic acids is 2. The van der Waals surface area contributed by atoms with Gasteiger partial charge in [-0.2, -0.15) is 5.26 Å². The van der Waals surface area contributed by atoms with Gasteiger partial charge in [-0.15, -0.1) is 0 Å². The van der Waals surface area contributed by atoms with Crippen molar-refractivity contribution in [3.63, 3.8) is 0 Å². The molecule has 0 unspecified atom stereocenters. The minimum atomic E-state index is -0.771. The van der Waals surface area contributed by atoms with Crippen LogP contribution < -0.4 is 5.56 Å². The molecule has 2 aromatic rings. The number of nitriles is 1. The van der Waals surface area contributed by atoms with Crippen LogP contribution in [0, 0.1) is 17.1 Å². The molecule has 1 aromatic heterocycles. The molecule has 128 valence electrons. The summed E-state index contributed by atoms with van der Waals surface area (Å²) in [5.41, 5.74) is -0.682. The Kier molecular flexibility index (Phi) is 5.29. The van der Waals surface area contributed by atoms with E-state index >= 15 is 0 Å². The van der Waals surface area contributed by atoms with Crippen LogP contribution in [0.15, 0.2) is 35.3 Å². The second-order valence-electron chi connectivity index (χ2n) is 4.97. The molecule has 0 N–H and O–H groups in total. The van der Waals surface area contributed by atoms with E-state index in [0.717, 1.165) is 29.9 Å². The average molecular weight is 344 g/mol. The van der Waals surface area contributed by atoms with Crippen molar-refractivity contribution in [1.29, 1.82) is 5.26 Å². The molecule has 0 fully saturated rings. The third-order valence-electron chi connectivity index (χ3n) is 3.45. The Bertz CT molecular complexity index is 943. The van der Waals surface area contributed by atoms with Crippen LogP contribution in [0.25, 0.3) is 0 Å². The van der Waals surface area contributed by atoms with Gasteiger partial charge in [0.05, 0.1) is 31.9 Å². The second-order valence-corrected chi connectivity index (χ2v) is 4.97. The van der Waals surface area contributed by atoms with Gasteiger partial charge in [-0.05, 0) is 23.8 Å². The van der Waals surface area contributed by atoms with Crippen molar-refractivity contribution in [2.45, 2.75) is 6.54 Å². The lowest BCUT2D eigenvalue weighted by molar-refractivity contribution is 0.0589. The molecule has 0 aliphatic carbocycles. The first-order valence-corrected chi connectivity index (χ1v) is 7.01. The van der Waals surface area contributed by atoms with Gasteiger partial charge >= 0.3 is 11.9 Å². The molecule has 0 aliphatic heterocycles. The summed E-state index contributed by atoms with van der Waals surface area (Å²) in [6.45, 7) is -0.164. The molecular formula is C17H13FN2O5. The van der Waals surface area contributed by atoms with E-state index in [1.54, 1.807) is 6.07 Å². The zero-order valence-electron chi connectivity index (χ0n) is 13.4. The van der Waals surface area contributed by atoms with Crippen molar-refractivity contribution in [3.8, 4) is 6.07 Å². The van der Waals surface area contributed by atoms with E-state index < -0.39 is 23.3 Å². The number of ether oxygens (including phenoxy) is 2. The van der Waals surface area contributed by atoms with Crippen LogP contribution in [0.5, 0.6) is 0 Å². The van der Waals surface area contributed by atoms with Crippen LogP contribution in [-0.2, 0) is 16.0 Å². The summed E-state index contributed by atoms with van der Waals surface area (Å²) in [6.07, 6.45) is 1.21. The van der Waals surface area contributed by atoms with Gasteiger partial charge in [0.2, 0.25) is 0 Å². The normalized spacial score (nSPS) is 10.0. The number of benzene rings is 1. The number of rotatable bonds is 4. The maximum absolute atomic E-state index is 13.4. The number of aromatic nitrogens is 1. The van der Waals surface area contributed by atoms with E-state index in [1.807, 2.05) is 0 Å². The number of esters is 2. The number of hydrogen-bond donors (Lipinski definition) is 0. The fourth-order valence-corrected chi connectivity index (χ4v) is 2.23. The Hall–Kier alpha value is -3.47. The Labute approximate surface area is 141 Å². The van der Waals surface area contributed by atoms with E-state index in [-0.39, 0.29) is 23.2 Å². The first-order chi connectivity index (χ1) is 11.9. The van der Waals surface area contributed by atoms with Gasteiger partial charge in [-0.3, -0.25) is 4.79 Å². The van der Waals surface area contributed by atoms with E-state index in [4.69, 9.17) is 5.26 Å². The fourth-order valence-electron chi connectivity index (χ4n) is 2.23. The topological polar surface area (TPSA) is 98.4 Å². The first kappa shape index (κ1) is 17.9. The summed E-state index contributed by atoms with van der Waals surface area (Å²) in [5.74, 6) is -2.14. The predicted octanol–water partition coefficient (Wildman–Crippen LogP) is 1.48. The highest BCUT2D eigenvalue weighted by Gasteiger charge is 2.17. The maximum atomic E-state index is 13.4. The smallest absolute Gasteiger partial charge is 0.339 e. The summed E-state index contributed by atoms with van der Waals surface area (Å²) < 4.78 is 23.7. The van der Waals surface area contributed by atoms with Crippen molar-refractivity contribution >= 4 is 11.9 Å². The highest BCUT2D eigenvalue weighted by atomic mass is 19.1. The lowest BCUT2D eigenvalue weighted by atomic mass is 10.1.